The maximum absolute atomic E-state index is 13.7. The standard InChI is InChI=1S/C15H22FNO/c1-3-12-9-13(15(18-2)10-14(12)16)8-11-4-6-17-7-5-11/h9-11,17H,3-8H2,1-2H3. The van der Waals surface area contributed by atoms with Gasteiger partial charge in [0.05, 0.1) is 7.11 Å². The molecule has 0 spiro atoms. The van der Waals surface area contributed by atoms with Crippen molar-refractivity contribution in [2.24, 2.45) is 5.92 Å². The van der Waals surface area contributed by atoms with Crippen LogP contribution in [0.25, 0.3) is 0 Å². The van der Waals surface area contributed by atoms with Gasteiger partial charge in [-0.3, -0.25) is 0 Å². The Hall–Kier alpha value is -1.09. The molecule has 0 saturated carbocycles. The first-order chi connectivity index (χ1) is 8.74. The van der Waals surface area contributed by atoms with Crippen molar-refractivity contribution >= 4 is 0 Å². The van der Waals surface area contributed by atoms with Gasteiger partial charge in [-0.25, -0.2) is 4.39 Å². The van der Waals surface area contributed by atoms with Crippen molar-refractivity contribution in [2.75, 3.05) is 20.2 Å². The molecule has 0 aromatic heterocycles. The zero-order chi connectivity index (χ0) is 13.0. The average Bonchev–Trinajstić information content (AvgIpc) is 2.41. The predicted molar refractivity (Wildman–Crippen MR) is 71.6 cm³/mol. The van der Waals surface area contributed by atoms with Crippen LogP contribution in [0.5, 0.6) is 5.75 Å². The van der Waals surface area contributed by atoms with Gasteiger partial charge >= 0.3 is 0 Å². The van der Waals surface area contributed by atoms with Gasteiger partial charge in [-0.2, -0.15) is 0 Å². The first-order valence-corrected chi connectivity index (χ1v) is 6.80. The Morgan fingerprint density at radius 1 is 1.28 bits per heavy atom. The van der Waals surface area contributed by atoms with E-state index < -0.39 is 0 Å². The van der Waals surface area contributed by atoms with Crippen LogP contribution >= 0.6 is 0 Å². The van der Waals surface area contributed by atoms with Crippen molar-refractivity contribution in [3.63, 3.8) is 0 Å². The maximum Gasteiger partial charge on any atom is 0.130 e. The van der Waals surface area contributed by atoms with E-state index in [1.165, 1.54) is 18.9 Å². The largest absolute Gasteiger partial charge is 0.496 e. The molecule has 0 aliphatic carbocycles. The highest BCUT2D eigenvalue weighted by Crippen LogP contribution is 2.28. The van der Waals surface area contributed by atoms with E-state index in [-0.39, 0.29) is 5.82 Å². The molecule has 1 N–H and O–H groups in total. The molecule has 0 bridgehead atoms. The monoisotopic (exact) mass is 251 g/mol. The Kier molecular flexibility index (Phi) is 4.59. The fourth-order valence-electron chi connectivity index (χ4n) is 2.67. The van der Waals surface area contributed by atoms with Crippen LogP contribution in [0.1, 0.15) is 30.9 Å². The van der Waals surface area contributed by atoms with Crippen LogP contribution in [-0.4, -0.2) is 20.2 Å². The second kappa shape index (κ2) is 6.19. The third-order valence-electron chi connectivity index (χ3n) is 3.80. The van der Waals surface area contributed by atoms with Gasteiger partial charge in [0, 0.05) is 6.07 Å². The van der Waals surface area contributed by atoms with E-state index in [0.29, 0.717) is 11.7 Å². The summed E-state index contributed by atoms with van der Waals surface area (Å²) in [7, 11) is 1.62. The van der Waals surface area contributed by atoms with Gasteiger partial charge in [-0.1, -0.05) is 6.92 Å². The van der Waals surface area contributed by atoms with Crippen LogP contribution in [0.3, 0.4) is 0 Å². The lowest BCUT2D eigenvalue weighted by Gasteiger charge is -2.23. The third kappa shape index (κ3) is 3.02. The number of rotatable bonds is 4. The van der Waals surface area contributed by atoms with Crippen molar-refractivity contribution in [1.82, 2.24) is 5.32 Å². The number of piperidine rings is 1. The highest BCUT2D eigenvalue weighted by molar-refractivity contribution is 5.38. The van der Waals surface area contributed by atoms with E-state index in [1.54, 1.807) is 7.11 Å². The molecule has 1 aromatic rings. The number of benzene rings is 1. The van der Waals surface area contributed by atoms with Gasteiger partial charge in [-0.05, 0) is 61.9 Å². The minimum Gasteiger partial charge on any atom is -0.496 e. The van der Waals surface area contributed by atoms with Crippen LogP contribution < -0.4 is 10.1 Å². The molecule has 18 heavy (non-hydrogen) atoms. The minimum absolute atomic E-state index is 0.150. The average molecular weight is 251 g/mol. The van der Waals surface area contributed by atoms with Gasteiger partial charge in [0.15, 0.2) is 0 Å². The number of nitrogens with one attached hydrogen (secondary N) is 1. The van der Waals surface area contributed by atoms with Crippen molar-refractivity contribution in [3.05, 3.63) is 29.1 Å². The van der Waals surface area contributed by atoms with Crippen molar-refractivity contribution < 1.29 is 9.13 Å². The molecule has 2 rings (SSSR count). The number of ether oxygens (including phenoxy) is 1. The highest BCUT2D eigenvalue weighted by atomic mass is 19.1. The molecular formula is C15H22FNO. The van der Waals surface area contributed by atoms with Gasteiger partial charge in [-0.15, -0.1) is 0 Å². The Balaban J connectivity index is 2.18. The topological polar surface area (TPSA) is 21.3 Å². The quantitative estimate of drug-likeness (QED) is 0.888. The van der Waals surface area contributed by atoms with Gasteiger partial charge < -0.3 is 10.1 Å². The molecule has 1 aromatic carbocycles. The van der Waals surface area contributed by atoms with Crippen molar-refractivity contribution in [2.45, 2.75) is 32.6 Å². The molecule has 0 amide bonds. The van der Waals surface area contributed by atoms with Crippen molar-refractivity contribution in [3.8, 4) is 5.75 Å². The van der Waals surface area contributed by atoms with Gasteiger partial charge in [0.1, 0.15) is 11.6 Å². The summed E-state index contributed by atoms with van der Waals surface area (Å²) in [5.41, 5.74) is 1.95. The maximum atomic E-state index is 13.7. The molecule has 100 valence electrons. The first kappa shape index (κ1) is 13.3. The van der Waals surface area contributed by atoms with Crippen molar-refractivity contribution in [1.29, 1.82) is 0 Å². The van der Waals surface area contributed by atoms with Gasteiger partial charge in [0.25, 0.3) is 0 Å². The van der Waals surface area contributed by atoms with E-state index in [1.807, 2.05) is 13.0 Å². The summed E-state index contributed by atoms with van der Waals surface area (Å²) < 4.78 is 19.0. The van der Waals surface area contributed by atoms with Gasteiger partial charge in [0.2, 0.25) is 0 Å². The Morgan fingerprint density at radius 3 is 2.61 bits per heavy atom. The van der Waals surface area contributed by atoms with Crippen LogP contribution in [0.15, 0.2) is 12.1 Å². The summed E-state index contributed by atoms with van der Waals surface area (Å²) in [5, 5.41) is 3.37. The Bertz CT molecular complexity index is 400. The lowest BCUT2D eigenvalue weighted by molar-refractivity contribution is 0.360. The molecule has 2 nitrogen and oxygen atoms in total. The summed E-state index contributed by atoms with van der Waals surface area (Å²) in [6, 6.07) is 3.52. The summed E-state index contributed by atoms with van der Waals surface area (Å²) in [5.74, 6) is 1.24. The zero-order valence-corrected chi connectivity index (χ0v) is 11.3. The number of methoxy groups -OCH3 is 1. The molecule has 0 unspecified atom stereocenters. The molecule has 1 aliphatic rings. The molecule has 1 aliphatic heterocycles. The third-order valence-corrected chi connectivity index (χ3v) is 3.80. The Labute approximate surface area is 109 Å². The zero-order valence-electron chi connectivity index (χ0n) is 11.3. The summed E-state index contributed by atoms with van der Waals surface area (Å²) >= 11 is 0. The molecule has 3 heteroatoms. The second-order valence-corrected chi connectivity index (χ2v) is 5.01. The van der Waals surface area contributed by atoms with E-state index in [2.05, 4.69) is 5.32 Å². The summed E-state index contributed by atoms with van der Waals surface area (Å²) in [6.07, 6.45) is 4.12. The highest BCUT2D eigenvalue weighted by Gasteiger charge is 2.17. The summed E-state index contributed by atoms with van der Waals surface area (Å²) in [6.45, 7) is 4.17. The predicted octanol–water partition coefficient (Wildman–Crippen LogP) is 2.94. The Morgan fingerprint density at radius 2 is 2.00 bits per heavy atom. The summed E-state index contributed by atoms with van der Waals surface area (Å²) in [4.78, 5) is 0. The van der Waals surface area contributed by atoms with Crippen LogP contribution in [0.4, 0.5) is 4.39 Å². The number of hydrogen-bond donors (Lipinski definition) is 1. The van der Waals surface area contributed by atoms with E-state index in [4.69, 9.17) is 4.74 Å². The minimum atomic E-state index is -0.150. The number of halogens is 1. The lowest BCUT2D eigenvalue weighted by Crippen LogP contribution is -2.28. The fourth-order valence-corrected chi connectivity index (χ4v) is 2.67. The van der Waals surface area contributed by atoms with E-state index in [9.17, 15) is 4.39 Å². The lowest BCUT2D eigenvalue weighted by atomic mass is 9.89. The molecule has 1 fully saturated rings. The van der Waals surface area contributed by atoms with E-state index in [0.717, 1.165) is 37.1 Å². The van der Waals surface area contributed by atoms with Crippen LogP contribution in [0, 0.1) is 11.7 Å². The molecule has 0 atom stereocenters. The normalized spacial score (nSPS) is 16.8. The SMILES string of the molecule is CCc1cc(CC2CCNCC2)c(OC)cc1F. The first-order valence-electron chi connectivity index (χ1n) is 6.80. The smallest absolute Gasteiger partial charge is 0.130 e. The molecule has 1 heterocycles. The molecule has 1 saturated heterocycles. The van der Waals surface area contributed by atoms with Crippen LogP contribution in [0.2, 0.25) is 0 Å². The van der Waals surface area contributed by atoms with E-state index >= 15 is 0 Å². The second-order valence-electron chi connectivity index (χ2n) is 5.01. The molecular weight excluding hydrogens is 229 g/mol. The number of hydrogen-bond acceptors (Lipinski definition) is 2. The van der Waals surface area contributed by atoms with Crippen LogP contribution in [-0.2, 0) is 12.8 Å². The fraction of sp³-hybridized carbons (Fsp3) is 0.600. The molecule has 0 radical (unpaired) electrons. The number of aryl methyl sites for hydroxylation is 1.